The van der Waals surface area contributed by atoms with Crippen LogP contribution in [0.2, 0.25) is 0 Å². The first-order valence-electron chi connectivity index (χ1n) is 7.66. The van der Waals surface area contributed by atoms with E-state index in [0.717, 1.165) is 12.8 Å². The van der Waals surface area contributed by atoms with Crippen molar-refractivity contribution in [2.75, 3.05) is 0 Å². The molecule has 0 aromatic heterocycles. The summed E-state index contributed by atoms with van der Waals surface area (Å²) in [6, 6.07) is 0. The van der Waals surface area contributed by atoms with Crippen LogP contribution in [-0.2, 0) is 19.1 Å². The van der Waals surface area contributed by atoms with Crippen molar-refractivity contribution >= 4 is 54.9 Å². The monoisotopic (exact) mass is 532 g/mol. The van der Waals surface area contributed by atoms with Gasteiger partial charge in [-0.2, -0.15) is 0 Å². The molecule has 0 radical (unpaired) electrons. The third-order valence-corrected chi connectivity index (χ3v) is 13.1. The number of carbonyl (C=O) groups excluding carboxylic acids is 2. The molecule has 6 atom stereocenters. The number of hydrogen-bond acceptors (Lipinski definition) is 6. The van der Waals surface area contributed by atoms with Gasteiger partial charge in [0.05, 0.1) is 0 Å². The van der Waals surface area contributed by atoms with Gasteiger partial charge in [-0.05, 0) is 0 Å². The number of ether oxygens (including phenoxy) is 2. The summed E-state index contributed by atoms with van der Waals surface area (Å²) in [7, 11) is 0. The second kappa shape index (κ2) is 4.29. The van der Waals surface area contributed by atoms with Crippen molar-refractivity contribution in [1.82, 2.24) is 7.06 Å². The summed E-state index contributed by atoms with van der Waals surface area (Å²) in [5.74, 6) is 0.592. The molecule has 3 heterocycles. The molecule has 3 saturated heterocycles. The van der Waals surface area contributed by atoms with Crippen molar-refractivity contribution < 1.29 is 19.1 Å². The fourth-order valence-electron chi connectivity index (χ4n) is 4.96. The summed E-state index contributed by atoms with van der Waals surface area (Å²) >= 11 is 1.04. The van der Waals surface area contributed by atoms with E-state index in [1.165, 1.54) is 0 Å². The van der Waals surface area contributed by atoms with E-state index in [-0.39, 0.29) is 37.5 Å². The average molecular weight is 532 g/mol. The molecule has 5 aliphatic rings. The maximum absolute atomic E-state index is 12.5. The van der Waals surface area contributed by atoms with Crippen LogP contribution in [0.1, 0.15) is 26.7 Å². The number of halogens is 2. The van der Waals surface area contributed by atoms with Gasteiger partial charge in [-0.3, -0.25) is 0 Å². The Morgan fingerprint density at radius 2 is 2.18 bits per heavy atom. The van der Waals surface area contributed by atoms with E-state index in [4.69, 9.17) is 9.47 Å². The summed E-state index contributed by atoms with van der Waals surface area (Å²) in [5.41, 5.74) is -0.613. The molecule has 122 valence electrons. The van der Waals surface area contributed by atoms with Gasteiger partial charge in [0.1, 0.15) is 0 Å². The number of esters is 2. The Labute approximate surface area is 150 Å². The third-order valence-electron chi connectivity index (χ3n) is 5.90. The number of alkyl halides is 2. The fraction of sp³-hybridized carbons (Fsp3) is 0.857. The molecule has 0 spiro atoms. The Hall–Kier alpha value is 0.320. The van der Waals surface area contributed by atoms with E-state index in [9.17, 15) is 9.59 Å². The van der Waals surface area contributed by atoms with Gasteiger partial charge in [-0.1, -0.05) is 0 Å². The van der Waals surface area contributed by atoms with E-state index in [1.807, 2.05) is 13.8 Å². The number of rotatable bonds is 4. The molecule has 2 bridgehead atoms. The molecular weight excluding hydrogens is 514 g/mol. The van der Waals surface area contributed by atoms with Gasteiger partial charge in [0.25, 0.3) is 0 Å². The van der Waals surface area contributed by atoms with Gasteiger partial charge in [0, 0.05) is 0 Å². The zero-order chi connectivity index (χ0) is 15.4. The van der Waals surface area contributed by atoms with E-state index >= 15 is 0 Å². The zero-order valence-electron chi connectivity index (χ0n) is 12.3. The number of carbonyl (C=O) groups is 2. The second-order valence-corrected chi connectivity index (χ2v) is 13.1. The van der Waals surface area contributed by atoms with Crippen molar-refractivity contribution in [2.45, 2.75) is 46.0 Å². The van der Waals surface area contributed by atoms with Crippen LogP contribution in [0.15, 0.2) is 0 Å². The van der Waals surface area contributed by atoms with Crippen LogP contribution < -0.4 is 7.06 Å². The standard InChI is InChI=1S/C14H18I2N2O4/c1-13(2,22-12(20)10(15)14-16(17-14)18-14)9-5-3-6-7(4-5)21-11(19)8(6)9/h5-10,17-18H,3-4H2,1-2H3. The van der Waals surface area contributed by atoms with Crippen LogP contribution in [0.5, 0.6) is 0 Å². The third kappa shape index (κ3) is 1.78. The van der Waals surface area contributed by atoms with Gasteiger partial charge in [-0.15, -0.1) is 0 Å². The molecule has 5 fully saturated rings. The van der Waals surface area contributed by atoms with Crippen molar-refractivity contribution in [3.8, 4) is 0 Å². The summed E-state index contributed by atoms with van der Waals surface area (Å²) in [6.45, 7) is 3.93. The van der Waals surface area contributed by atoms with E-state index < -0.39 is 26.0 Å². The van der Waals surface area contributed by atoms with Crippen LogP contribution >= 0.6 is 43.0 Å². The van der Waals surface area contributed by atoms with Gasteiger partial charge in [0.15, 0.2) is 0 Å². The number of hydrogen-bond donors (Lipinski definition) is 2. The van der Waals surface area contributed by atoms with E-state index in [1.54, 1.807) is 0 Å². The SMILES string of the molecule is CC(C)(OC(=O)C(I)C12NI1N2)C1C2CC3OC(=O)C1C3C2. The van der Waals surface area contributed by atoms with Crippen molar-refractivity contribution in [2.24, 2.45) is 23.7 Å². The summed E-state index contributed by atoms with van der Waals surface area (Å²) in [6.07, 6.45) is 2.11. The molecular formula is C14H18I2N2O4. The fourth-order valence-corrected chi connectivity index (χ4v) is 12.3. The molecule has 5 rings (SSSR count). The summed E-state index contributed by atoms with van der Waals surface area (Å²) in [5, 5.41) is 0. The first-order valence-corrected chi connectivity index (χ1v) is 12.1. The molecule has 2 N–H and O–H groups in total. The Morgan fingerprint density at radius 3 is 2.82 bits per heavy atom. The molecule has 3 aliphatic heterocycles. The molecule has 22 heavy (non-hydrogen) atoms. The summed E-state index contributed by atoms with van der Waals surface area (Å²) in [4.78, 5) is 24.7. The average Bonchev–Trinajstić information content (AvgIpc) is 3.15. The Bertz CT molecular complexity index is 589. The Kier molecular flexibility index (Phi) is 2.85. The second-order valence-electron chi connectivity index (χ2n) is 7.49. The van der Waals surface area contributed by atoms with Crippen molar-refractivity contribution in [3.63, 3.8) is 0 Å². The number of nitrogens with one attached hydrogen (secondary N) is 2. The normalized spacial score (nSPS) is 45.3. The molecule has 6 unspecified atom stereocenters. The molecule has 2 aliphatic carbocycles. The molecule has 8 heteroatoms. The Morgan fingerprint density at radius 1 is 1.50 bits per heavy atom. The summed E-state index contributed by atoms with van der Waals surface area (Å²) < 4.78 is 17.9. The molecule has 0 aromatic rings. The van der Waals surface area contributed by atoms with E-state index in [2.05, 4.69) is 29.7 Å². The van der Waals surface area contributed by atoms with Crippen LogP contribution in [-0.4, -0.2) is 31.2 Å². The van der Waals surface area contributed by atoms with Gasteiger partial charge >= 0.3 is 151 Å². The maximum atomic E-state index is 12.5. The van der Waals surface area contributed by atoms with Gasteiger partial charge in [0.2, 0.25) is 0 Å². The minimum absolute atomic E-state index is 0.0658. The van der Waals surface area contributed by atoms with Crippen molar-refractivity contribution in [1.29, 1.82) is 0 Å². The topological polar surface area (TPSA) is 96.5 Å². The quantitative estimate of drug-likeness (QED) is 0.143. The molecule has 2 saturated carbocycles. The van der Waals surface area contributed by atoms with Gasteiger partial charge < -0.3 is 0 Å². The van der Waals surface area contributed by atoms with Crippen molar-refractivity contribution in [3.05, 3.63) is 0 Å². The first-order chi connectivity index (χ1) is 10.3. The minimum atomic E-state index is -1.14. The predicted octanol–water partition coefficient (Wildman–Crippen LogP) is 1.51. The molecule has 0 aromatic carbocycles. The Balaban J connectivity index is 1.35. The molecule has 0 amide bonds. The predicted molar refractivity (Wildman–Crippen MR) is 94.1 cm³/mol. The molecule has 6 nitrogen and oxygen atoms in total. The van der Waals surface area contributed by atoms with E-state index in [0.29, 0.717) is 11.8 Å². The van der Waals surface area contributed by atoms with Crippen LogP contribution in [0.3, 0.4) is 0 Å². The van der Waals surface area contributed by atoms with Crippen LogP contribution in [0.4, 0.5) is 0 Å². The first kappa shape index (κ1) is 14.6. The number of fused-ring (bicyclic) bond motifs is 2. The van der Waals surface area contributed by atoms with Crippen LogP contribution in [0.25, 0.3) is 0 Å². The van der Waals surface area contributed by atoms with Gasteiger partial charge in [-0.25, -0.2) is 0 Å². The van der Waals surface area contributed by atoms with Crippen LogP contribution in [0, 0.1) is 23.7 Å². The zero-order valence-corrected chi connectivity index (χ0v) is 16.6.